The van der Waals surface area contributed by atoms with Gasteiger partial charge < -0.3 is 15.7 Å². The van der Waals surface area contributed by atoms with Crippen LogP contribution >= 0.6 is 0 Å². The molecule has 2 heterocycles. The van der Waals surface area contributed by atoms with E-state index >= 15 is 0 Å². The Kier molecular flexibility index (Phi) is 6.53. The number of amides is 1. The number of alkyl halides is 3. The van der Waals surface area contributed by atoms with Gasteiger partial charge in [-0.05, 0) is 24.5 Å². The third kappa shape index (κ3) is 6.36. The Morgan fingerprint density at radius 3 is 2.65 bits per heavy atom. The molecular weight excluding hydrogens is 315 g/mol. The summed E-state index contributed by atoms with van der Waals surface area (Å²) >= 11 is 0. The largest absolute Gasteiger partial charge is 0.490 e. The summed E-state index contributed by atoms with van der Waals surface area (Å²) in [5.41, 5.74) is 2.96. The summed E-state index contributed by atoms with van der Waals surface area (Å²) in [7, 11) is 0. The number of hydrogen-bond donors (Lipinski definition) is 3. The van der Waals surface area contributed by atoms with Gasteiger partial charge in [-0.3, -0.25) is 9.78 Å². The average Bonchev–Trinajstić information content (AvgIpc) is 2.47. The van der Waals surface area contributed by atoms with Gasteiger partial charge in [0, 0.05) is 25.2 Å². The van der Waals surface area contributed by atoms with Crippen LogP contribution in [0.2, 0.25) is 0 Å². The Balaban J connectivity index is 0.000000322. The van der Waals surface area contributed by atoms with E-state index in [1.54, 1.807) is 13.1 Å². The van der Waals surface area contributed by atoms with E-state index in [1.165, 1.54) is 0 Å². The van der Waals surface area contributed by atoms with Gasteiger partial charge in [0.1, 0.15) is 0 Å². The first-order valence-electron chi connectivity index (χ1n) is 6.46. The second kappa shape index (κ2) is 8.14. The van der Waals surface area contributed by atoms with Crippen molar-refractivity contribution in [1.29, 1.82) is 0 Å². The van der Waals surface area contributed by atoms with Crippen LogP contribution in [0.25, 0.3) is 0 Å². The second-order valence-electron chi connectivity index (χ2n) is 4.39. The maximum absolute atomic E-state index is 11.3. The molecule has 0 atom stereocenters. The number of carbonyl (C=O) groups is 2. The molecule has 0 spiro atoms. The van der Waals surface area contributed by atoms with E-state index in [4.69, 9.17) is 9.90 Å². The van der Waals surface area contributed by atoms with Gasteiger partial charge in [-0.1, -0.05) is 5.92 Å². The lowest BCUT2D eigenvalue weighted by Gasteiger charge is -2.16. The first-order valence-corrected chi connectivity index (χ1v) is 6.46. The molecule has 1 aromatic heterocycles. The number of carbonyl (C=O) groups excluding carboxylic acids is 1. The van der Waals surface area contributed by atoms with E-state index < -0.39 is 12.1 Å². The van der Waals surface area contributed by atoms with Crippen molar-refractivity contribution in [2.75, 3.05) is 11.9 Å². The zero-order valence-corrected chi connectivity index (χ0v) is 12.1. The highest BCUT2D eigenvalue weighted by atomic mass is 19.4. The third-order valence-corrected chi connectivity index (χ3v) is 2.65. The van der Waals surface area contributed by atoms with Crippen molar-refractivity contribution in [1.82, 2.24) is 10.3 Å². The Morgan fingerprint density at radius 2 is 2.09 bits per heavy atom. The molecule has 0 aliphatic carbocycles. The van der Waals surface area contributed by atoms with Crippen molar-refractivity contribution in [3.63, 3.8) is 0 Å². The Bertz CT molecular complexity index is 648. The van der Waals surface area contributed by atoms with Gasteiger partial charge in [0.15, 0.2) is 0 Å². The first-order chi connectivity index (χ1) is 10.7. The fourth-order valence-corrected chi connectivity index (χ4v) is 1.69. The number of nitrogens with one attached hydrogen (secondary N) is 2. The van der Waals surface area contributed by atoms with Crippen LogP contribution in [0.15, 0.2) is 12.3 Å². The SMILES string of the molecule is CC#CC(=O)Nc1cnc2c(c1)CNCC2.O=C(O)C(F)(F)F. The van der Waals surface area contributed by atoms with E-state index in [9.17, 15) is 18.0 Å². The maximum Gasteiger partial charge on any atom is 0.490 e. The summed E-state index contributed by atoms with van der Waals surface area (Å²) in [5, 5.41) is 13.1. The molecule has 1 aliphatic heterocycles. The Morgan fingerprint density at radius 1 is 1.43 bits per heavy atom. The molecule has 0 radical (unpaired) electrons. The summed E-state index contributed by atoms with van der Waals surface area (Å²) < 4.78 is 31.7. The number of anilines is 1. The number of halogens is 3. The van der Waals surface area contributed by atoms with Crippen molar-refractivity contribution in [3.8, 4) is 11.8 Å². The molecule has 0 fully saturated rings. The lowest BCUT2D eigenvalue weighted by molar-refractivity contribution is -0.192. The Hall–Kier alpha value is -2.60. The lowest BCUT2D eigenvalue weighted by Crippen LogP contribution is -2.24. The number of aromatic nitrogens is 1. The molecule has 124 valence electrons. The molecule has 0 saturated heterocycles. The molecular formula is C14H14F3N3O3. The van der Waals surface area contributed by atoms with Crippen LogP contribution in [0.3, 0.4) is 0 Å². The maximum atomic E-state index is 11.3. The number of aliphatic carboxylic acids is 1. The van der Waals surface area contributed by atoms with Gasteiger partial charge in [0.2, 0.25) is 0 Å². The van der Waals surface area contributed by atoms with Crippen molar-refractivity contribution in [2.45, 2.75) is 26.1 Å². The van der Waals surface area contributed by atoms with Crippen LogP contribution in [-0.2, 0) is 22.6 Å². The smallest absolute Gasteiger partial charge is 0.475 e. The molecule has 1 amide bonds. The normalized spacial score (nSPS) is 12.7. The van der Waals surface area contributed by atoms with Gasteiger partial charge in [0.25, 0.3) is 5.91 Å². The number of carboxylic acid groups (broad SMARTS) is 1. The topological polar surface area (TPSA) is 91.3 Å². The number of hydrogen-bond acceptors (Lipinski definition) is 4. The molecule has 1 aliphatic rings. The predicted molar refractivity (Wildman–Crippen MR) is 75.4 cm³/mol. The fourth-order valence-electron chi connectivity index (χ4n) is 1.69. The zero-order valence-electron chi connectivity index (χ0n) is 12.1. The summed E-state index contributed by atoms with van der Waals surface area (Å²) in [5.74, 6) is 1.93. The van der Waals surface area contributed by atoms with E-state index in [2.05, 4.69) is 27.5 Å². The van der Waals surface area contributed by atoms with E-state index in [1.807, 2.05) is 6.07 Å². The van der Waals surface area contributed by atoms with Crippen LogP contribution in [0, 0.1) is 11.8 Å². The minimum atomic E-state index is -5.08. The first kappa shape index (κ1) is 18.4. The minimum Gasteiger partial charge on any atom is -0.475 e. The van der Waals surface area contributed by atoms with Crippen molar-refractivity contribution < 1.29 is 27.9 Å². The highest BCUT2D eigenvalue weighted by molar-refractivity contribution is 6.03. The van der Waals surface area contributed by atoms with Gasteiger partial charge in [-0.25, -0.2) is 4.79 Å². The van der Waals surface area contributed by atoms with Crippen LogP contribution < -0.4 is 10.6 Å². The molecule has 23 heavy (non-hydrogen) atoms. The van der Waals surface area contributed by atoms with Crippen molar-refractivity contribution >= 4 is 17.6 Å². The molecule has 0 aromatic carbocycles. The van der Waals surface area contributed by atoms with E-state index in [0.29, 0.717) is 5.69 Å². The van der Waals surface area contributed by atoms with Crippen LogP contribution in [0.1, 0.15) is 18.2 Å². The molecule has 3 N–H and O–H groups in total. The van der Waals surface area contributed by atoms with E-state index in [-0.39, 0.29) is 5.91 Å². The van der Waals surface area contributed by atoms with Crippen molar-refractivity contribution in [3.05, 3.63) is 23.5 Å². The van der Waals surface area contributed by atoms with Crippen LogP contribution in [0.4, 0.5) is 18.9 Å². The molecule has 2 rings (SSSR count). The third-order valence-electron chi connectivity index (χ3n) is 2.65. The number of pyridine rings is 1. The quantitative estimate of drug-likeness (QED) is 0.676. The molecule has 6 nitrogen and oxygen atoms in total. The fraction of sp³-hybridized carbons (Fsp3) is 0.357. The molecule has 0 bridgehead atoms. The molecule has 0 unspecified atom stereocenters. The van der Waals surface area contributed by atoms with Crippen molar-refractivity contribution in [2.24, 2.45) is 0 Å². The minimum absolute atomic E-state index is 0.298. The molecule has 0 saturated carbocycles. The monoisotopic (exact) mass is 329 g/mol. The van der Waals surface area contributed by atoms with Crippen LogP contribution in [0.5, 0.6) is 0 Å². The van der Waals surface area contributed by atoms with Gasteiger partial charge in [0.05, 0.1) is 11.9 Å². The summed E-state index contributed by atoms with van der Waals surface area (Å²) in [4.78, 5) is 24.5. The zero-order chi connectivity index (χ0) is 17.5. The number of nitrogens with zero attached hydrogens (tertiary/aromatic N) is 1. The second-order valence-corrected chi connectivity index (χ2v) is 4.39. The molecule has 1 aromatic rings. The van der Waals surface area contributed by atoms with Gasteiger partial charge in [-0.2, -0.15) is 13.2 Å². The molecule has 9 heteroatoms. The number of fused-ring (bicyclic) bond motifs is 1. The lowest BCUT2D eigenvalue weighted by atomic mass is 10.1. The standard InChI is InChI=1S/C12H13N3O.C2HF3O2/c1-2-3-12(16)15-10-6-9-7-13-5-4-11(9)14-8-10;3-2(4,5)1(6)7/h6,8,13H,4-5,7H2,1H3,(H,15,16);(H,6,7). The summed E-state index contributed by atoms with van der Waals surface area (Å²) in [6, 6.07) is 1.95. The number of rotatable bonds is 1. The highest BCUT2D eigenvalue weighted by Crippen LogP contribution is 2.16. The summed E-state index contributed by atoms with van der Waals surface area (Å²) in [6.07, 6.45) is -2.46. The van der Waals surface area contributed by atoms with Gasteiger partial charge in [-0.15, -0.1) is 0 Å². The van der Waals surface area contributed by atoms with E-state index in [0.717, 1.165) is 30.8 Å². The average molecular weight is 329 g/mol. The predicted octanol–water partition coefficient (Wildman–Crippen LogP) is 1.32. The van der Waals surface area contributed by atoms with Gasteiger partial charge >= 0.3 is 12.1 Å². The highest BCUT2D eigenvalue weighted by Gasteiger charge is 2.38. The number of carboxylic acids is 1. The Labute approximate surface area is 130 Å². The summed E-state index contributed by atoms with van der Waals surface area (Å²) in [6.45, 7) is 3.41. The van der Waals surface area contributed by atoms with Crippen LogP contribution in [-0.4, -0.2) is 34.7 Å².